The molecule has 0 aliphatic heterocycles. The number of methoxy groups -OCH3 is 2. The third kappa shape index (κ3) is 5.61. The molecule has 0 aliphatic rings. The van der Waals surface area contributed by atoms with E-state index in [0.717, 1.165) is 16.9 Å². The molecule has 2 rings (SSSR count). The number of nitrogens with zero attached hydrogens (tertiary/aromatic N) is 1. The number of carbonyl (C=O) groups is 1. The van der Waals surface area contributed by atoms with Gasteiger partial charge in [-0.25, -0.2) is 4.79 Å². The summed E-state index contributed by atoms with van der Waals surface area (Å²) in [5, 5.41) is 2.90. The molecule has 0 saturated carbocycles. The average molecular weight is 363 g/mol. The van der Waals surface area contributed by atoms with Gasteiger partial charge in [-0.05, 0) is 30.2 Å². The topological polar surface area (TPSA) is 93.3 Å². The molecule has 25 heavy (non-hydrogen) atoms. The van der Waals surface area contributed by atoms with Gasteiger partial charge in [0.05, 0.1) is 13.7 Å². The number of aryl methyl sites for hydroxylation is 1. The first-order chi connectivity index (χ1) is 12.0. The Bertz CT molecular complexity index is 761. The Hall–Kier alpha value is -2.32. The van der Waals surface area contributed by atoms with Crippen molar-refractivity contribution in [2.75, 3.05) is 20.8 Å². The first-order valence-electron chi connectivity index (χ1n) is 7.66. The van der Waals surface area contributed by atoms with Crippen molar-refractivity contribution in [3.63, 3.8) is 0 Å². The lowest BCUT2D eigenvalue weighted by atomic mass is 10.2. The van der Waals surface area contributed by atoms with E-state index in [1.807, 2.05) is 31.2 Å². The van der Waals surface area contributed by atoms with E-state index in [1.54, 1.807) is 13.3 Å². The summed E-state index contributed by atoms with van der Waals surface area (Å²) in [6, 6.07) is 7.46. The molecule has 0 aliphatic carbocycles. The van der Waals surface area contributed by atoms with Crippen LogP contribution in [0, 0.1) is 6.92 Å². The van der Waals surface area contributed by atoms with Crippen molar-refractivity contribution in [3.8, 4) is 5.75 Å². The Kier molecular flexibility index (Phi) is 7.03. The molecule has 0 fully saturated rings. The Morgan fingerprint density at radius 1 is 1.32 bits per heavy atom. The van der Waals surface area contributed by atoms with Crippen LogP contribution >= 0.6 is 11.8 Å². The molecular formula is C17H21N3O4S. The monoisotopic (exact) mass is 363 g/mol. The summed E-state index contributed by atoms with van der Waals surface area (Å²) in [5.41, 5.74) is 1.32. The minimum Gasteiger partial charge on any atom is -0.497 e. The highest BCUT2D eigenvalue weighted by Crippen LogP contribution is 2.23. The number of ether oxygens (including phenoxy) is 2. The Balaban J connectivity index is 2.01. The third-order valence-electron chi connectivity index (χ3n) is 3.44. The summed E-state index contributed by atoms with van der Waals surface area (Å²) in [6.07, 6.45) is 1.58. The van der Waals surface area contributed by atoms with Crippen molar-refractivity contribution < 1.29 is 14.3 Å². The fourth-order valence-electron chi connectivity index (χ4n) is 2.06. The second-order valence-corrected chi connectivity index (χ2v) is 6.51. The number of benzene rings is 1. The van der Waals surface area contributed by atoms with Gasteiger partial charge in [-0.2, -0.15) is 4.98 Å². The third-order valence-corrected chi connectivity index (χ3v) is 4.71. The summed E-state index contributed by atoms with van der Waals surface area (Å²) in [5.74, 6) is 0.586. The number of hydrogen-bond donors (Lipinski definition) is 2. The number of hydrogen-bond acceptors (Lipinski definition) is 6. The van der Waals surface area contributed by atoms with Crippen molar-refractivity contribution in [2.45, 2.75) is 23.7 Å². The summed E-state index contributed by atoms with van der Waals surface area (Å²) in [7, 11) is 3.14. The second-order valence-electron chi connectivity index (χ2n) is 5.32. The van der Waals surface area contributed by atoms with Gasteiger partial charge in [-0.1, -0.05) is 23.9 Å². The van der Waals surface area contributed by atoms with E-state index in [-0.39, 0.29) is 12.5 Å². The van der Waals surface area contributed by atoms with E-state index in [2.05, 4.69) is 15.3 Å². The van der Waals surface area contributed by atoms with E-state index in [0.29, 0.717) is 11.6 Å². The van der Waals surface area contributed by atoms with Gasteiger partial charge in [0.2, 0.25) is 5.91 Å². The summed E-state index contributed by atoms with van der Waals surface area (Å²) >= 11 is 1.22. The van der Waals surface area contributed by atoms with Crippen LogP contribution in [0.5, 0.6) is 5.75 Å². The zero-order valence-corrected chi connectivity index (χ0v) is 15.2. The predicted molar refractivity (Wildman–Crippen MR) is 96.0 cm³/mol. The standard InChI is InChI=1S/C17H21N3O4S/c1-11-8-19-17(22)20-16(11)25-14(10-23-2)15(21)18-9-12-4-6-13(24-3)7-5-12/h4-8,14H,9-10H2,1-3H3,(H,18,21)(H,19,20,22). The van der Waals surface area contributed by atoms with Crippen LogP contribution in [0.4, 0.5) is 0 Å². The van der Waals surface area contributed by atoms with Gasteiger partial charge in [0, 0.05) is 19.9 Å². The number of H-pyrrole nitrogens is 1. The fourth-order valence-corrected chi connectivity index (χ4v) is 3.10. The first kappa shape index (κ1) is 19.0. The zero-order valence-electron chi connectivity index (χ0n) is 14.4. The molecule has 7 nitrogen and oxygen atoms in total. The average Bonchev–Trinajstić information content (AvgIpc) is 2.62. The van der Waals surface area contributed by atoms with Gasteiger partial charge in [0.25, 0.3) is 0 Å². The van der Waals surface area contributed by atoms with E-state index >= 15 is 0 Å². The van der Waals surface area contributed by atoms with Crippen LogP contribution < -0.4 is 15.7 Å². The highest BCUT2D eigenvalue weighted by atomic mass is 32.2. The number of rotatable bonds is 8. The van der Waals surface area contributed by atoms with E-state index in [4.69, 9.17) is 9.47 Å². The van der Waals surface area contributed by atoms with Gasteiger partial charge < -0.3 is 19.8 Å². The molecule has 1 unspecified atom stereocenters. The van der Waals surface area contributed by atoms with Gasteiger partial charge in [-0.3, -0.25) is 4.79 Å². The molecule has 8 heteroatoms. The van der Waals surface area contributed by atoms with Crippen LogP contribution in [-0.2, 0) is 16.1 Å². The number of aromatic nitrogens is 2. The van der Waals surface area contributed by atoms with Crippen molar-refractivity contribution in [1.82, 2.24) is 15.3 Å². The van der Waals surface area contributed by atoms with Crippen molar-refractivity contribution in [1.29, 1.82) is 0 Å². The number of thioether (sulfide) groups is 1. The van der Waals surface area contributed by atoms with E-state index in [1.165, 1.54) is 18.9 Å². The SMILES string of the molecule is COCC(Sc1nc(=O)[nH]cc1C)C(=O)NCc1ccc(OC)cc1. The van der Waals surface area contributed by atoms with Crippen LogP contribution in [0.3, 0.4) is 0 Å². The maximum absolute atomic E-state index is 12.5. The van der Waals surface area contributed by atoms with E-state index < -0.39 is 10.9 Å². The van der Waals surface area contributed by atoms with Gasteiger partial charge in [0.15, 0.2) is 0 Å². The van der Waals surface area contributed by atoms with Crippen LogP contribution in [0.1, 0.15) is 11.1 Å². The lowest BCUT2D eigenvalue weighted by molar-refractivity contribution is -0.121. The van der Waals surface area contributed by atoms with Crippen LogP contribution in [-0.4, -0.2) is 42.0 Å². The molecule has 2 aromatic rings. The molecule has 1 heterocycles. The van der Waals surface area contributed by atoms with Crippen molar-refractivity contribution in [3.05, 3.63) is 52.1 Å². The number of amides is 1. The molecule has 2 N–H and O–H groups in total. The molecule has 134 valence electrons. The maximum atomic E-state index is 12.5. The normalized spacial score (nSPS) is 11.8. The maximum Gasteiger partial charge on any atom is 0.345 e. The molecule has 1 atom stereocenters. The first-order valence-corrected chi connectivity index (χ1v) is 8.54. The lowest BCUT2D eigenvalue weighted by Gasteiger charge is -2.16. The van der Waals surface area contributed by atoms with Crippen molar-refractivity contribution >= 4 is 17.7 Å². The highest BCUT2D eigenvalue weighted by Gasteiger charge is 2.21. The Labute approximate surface area is 150 Å². The second kappa shape index (κ2) is 9.24. The quantitative estimate of drug-likeness (QED) is 0.545. The Morgan fingerprint density at radius 2 is 2.04 bits per heavy atom. The number of nitrogens with one attached hydrogen (secondary N) is 2. The van der Waals surface area contributed by atoms with E-state index in [9.17, 15) is 9.59 Å². The minimum absolute atomic E-state index is 0.177. The summed E-state index contributed by atoms with van der Waals surface area (Å²) in [4.78, 5) is 30.3. The summed E-state index contributed by atoms with van der Waals surface area (Å²) in [6.45, 7) is 2.43. The fraction of sp³-hybridized carbons (Fsp3) is 0.353. The van der Waals surface area contributed by atoms with Gasteiger partial charge in [0.1, 0.15) is 16.0 Å². The molecule has 1 aromatic carbocycles. The van der Waals surface area contributed by atoms with Crippen molar-refractivity contribution in [2.24, 2.45) is 0 Å². The molecule has 1 amide bonds. The molecule has 0 saturated heterocycles. The van der Waals surface area contributed by atoms with Gasteiger partial charge in [-0.15, -0.1) is 0 Å². The van der Waals surface area contributed by atoms with Gasteiger partial charge >= 0.3 is 5.69 Å². The molecule has 0 radical (unpaired) electrons. The van der Waals surface area contributed by atoms with Crippen LogP contribution in [0.25, 0.3) is 0 Å². The van der Waals surface area contributed by atoms with Crippen LogP contribution in [0.15, 0.2) is 40.3 Å². The molecule has 1 aromatic heterocycles. The molecule has 0 spiro atoms. The predicted octanol–water partition coefficient (Wildman–Crippen LogP) is 1.51. The Morgan fingerprint density at radius 3 is 2.68 bits per heavy atom. The molecular weight excluding hydrogens is 342 g/mol. The largest absolute Gasteiger partial charge is 0.497 e. The van der Waals surface area contributed by atoms with Crippen LogP contribution in [0.2, 0.25) is 0 Å². The minimum atomic E-state index is -0.503. The number of aromatic amines is 1. The number of carbonyl (C=O) groups excluding carboxylic acids is 1. The zero-order chi connectivity index (χ0) is 18.2. The lowest BCUT2D eigenvalue weighted by Crippen LogP contribution is -2.35. The smallest absolute Gasteiger partial charge is 0.345 e. The summed E-state index contributed by atoms with van der Waals surface area (Å²) < 4.78 is 10.2. The molecule has 0 bridgehead atoms. The highest BCUT2D eigenvalue weighted by molar-refractivity contribution is 8.00.